The summed E-state index contributed by atoms with van der Waals surface area (Å²) in [5.41, 5.74) is 1.73. The summed E-state index contributed by atoms with van der Waals surface area (Å²) in [6, 6.07) is 13.8. The Hall–Kier alpha value is -1.26. The summed E-state index contributed by atoms with van der Waals surface area (Å²) in [5.74, 6) is -0.923. The smallest absolute Gasteiger partial charge is 0.336 e. The number of hydrogen-bond acceptors (Lipinski definition) is 2. The minimum absolute atomic E-state index is 0.148. The average molecular weight is 365 g/mol. The molecule has 2 rings (SSSR count). The van der Waals surface area contributed by atoms with Crippen LogP contribution in [0.5, 0.6) is 0 Å². The first-order valence-electron chi connectivity index (χ1n) is 6.58. The van der Waals surface area contributed by atoms with E-state index in [0.717, 1.165) is 9.79 Å². The van der Waals surface area contributed by atoms with Crippen molar-refractivity contribution in [1.82, 2.24) is 0 Å². The van der Waals surface area contributed by atoms with Crippen LogP contribution >= 0.6 is 27.7 Å². The largest absolute Gasteiger partial charge is 0.478 e. The van der Waals surface area contributed by atoms with Gasteiger partial charge in [0, 0.05) is 14.3 Å². The van der Waals surface area contributed by atoms with Gasteiger partial charge in [-0.05, 0) is 57.2 Å². The third kappa shape index (κ3) is 4.11. The van der Waals surface area contributed by atoms with E-state index in [4.69, 9.17) is 5.11 Å². The van der Waals surface area contributed by atoms with E-state index in [0.29, 0.717) is 4.47 Å². The zero-order chi connectivity index (χ0) is 15.6. The second-order valence-electron chi connectivity index (χ2n) is 5.82. The molecule has 0 unspecified atom stereocenters. The maximum Gasteiger partial charge on any atom is 0.336 e. The Bertz CT molecular complexity index is 657. The Balaban J connectivity index is 2.19. The van der Waals surface area contributed by atoms with Crippen molar-refractivity contribution in [3.63, 3.8) is 0 Å². The van der Waals surface area contributed by atoms with Crippen molar-refractivity contribution in [3.8, 4) is 0 Å². The van der Waals surface area contributed by atoms with Gasteiger partial charge in [0.05, 0.1) is 5.56 Å². The molecule has 2 aromatic carbocycles. The molecule has 1 N–H and O–H groups in total. The van der Waals surface area contributed by atoms with Gasteiger partial charge in [-0.15, -0.1) is 0 Å². The topological polar surface area (TPSA) is 37.3 Å². The molecule has 0 fully saturated rings. The van der Waals surface area contributed by atoms with Crippen molar-refractivity contribution in [2.45, 2.75) is 36.0 Å². The summed E-state index contributed by atoms with van der Waals surface area (Å²) in [6.07, 6.45) is 0. The van der Waals surface area contributed by atoms with Gasteiger partial charge in [0.2, 0.25) is 0 Å². The number of aromatic carboxylic acids is 1. The lowest BCUT2D eigenvalue weighted by Crippen LogP contribution is -2.10. The lowest BCUT2D eigenvalue weighted by Gasteiger charge is -2.19. The fraction of sp³-hybridized carbons (Fsp3) is 0.235. The average Bonchev–Trinajstić information content (AvgIpc) is 2.38. The van der Waals surface area contributed by atoms with Crippen LogP contribution in [0, 0.1) is 0 Å². The molecule has 110 valence electrons. The number of carbonyl (C=O) groups is 1. The van der Waals surface area contributed by atoms with Crippen LogP contribution in [-0.4, -0.2) is 11.1 Å². The van der Waals surface area contributed by atoms with Gasteiger partial charge in [0.25, 0.3) is 0 Å². The van der Waals surface area contributed by atoms with Crippen LogP contribution < -0.4 is 0 Å². The summed E-state index contributed by atoms with van der Waals surface area (Å²) < 4.78 is 0.603. The number of hydrogen-bond donors (Lipinski definition) is 1. The molecule has 0 saturated carbocycles. The van der Waals surface area contributed by atoms with E-state index in [9.17, 15) is 4.79 Å². The molecule has 0 aliphatic carbocycles. The second-order valence-corrected chi connectivity index (χ2v) is 7.82. The molecular formula is C17H17BrO2S. The monoisotopic (exact) mass is 364 g/mol. The van der Waals surface area contributed by atoms with Crippen molar-refractivity contribution < 1.29 is 9.90 Å². The van der Waals surface area contributed by atoms with E-state index in [2.05, 4.69) is 61.0 Å². The van der Waals surface area contributed by atoms with E-state index >= 15 is 0 Å². The molecule has 0 atom stereocenters. The first kappa shape index (κ1) is 16.1. The van der Waals surface area contributed by atoms with Crippen molar-refractivity contribution in [2.24, 2.45) is 0 Å². The van der Waals surface area contributed by atoms with Gasteiger partial charge in [-0.1, -0.05) is 44.7 Å². The molecule has 2 nitrogen and oxygen atoms in total. The molecule has 0 aliphatic heterocycles. The van der Waals surface area contributed by atoms with Crippen LogP contribution in [-0.2, 0) is 5.41 Å². The van der Waals surface area contributed by atoms with Crippen molar-refractivity contribution in [3.05, 3.63) is 58.1 Å². The van der Waals surface area contributed by atoms with Crippen molar-refractivity contribution in [2.75, 3.05) is 0 Å². The molecule has 0 radical (unpaired) electrons. The molecule has 21 heavy (non-hydrogen) atoms. The molecule has 0 spiro atoms. The maximum absolute atomic E-state index is 11.0. The summed E-state index contributed by atoms with van der Waals surface area (Å²) >= 11 is 4.92. The van der Waals surface area contributed by atoms with Gasteiger partial charge in [0.1, 0.15) is 0 Å². The quantitative estimate of drug-likeness (QED) is 0.770. The van der Waals surface area contributed by atoms with Crippen LogP contribution in [0.4, 0.5) is 0 Å². The molecule has 0 saturated heterocycles. The predicted octanol–water partition coefficient (Wildman–Crippen LogP) is 5.60. The van der Waals surface area contributed by atoms with Crippen LogP contribution in [0.1, 0.15) is 36.7 Å². The fourth-order valence-corrected chi connectivity index (χ4v) is 3.45. The van der Waals surface area contributed by atoms with E-state index in [1.54, 1.807) is 17.8 Å². The lowest BCUT2D eigenvalue weighted by molar-refractivity contribution is 0.0696. The normalized spacial score (nSPS) is 11.4. The summed E-state index contributed by atoms with van der Waals surface area (Å²) in [5, 5.41) is 9.02. The van der Waals surface area contributed by atoms with Gasteiger partial charge in [0.15, 0.2) is 0 Å². The van der Waals surface area contributed by atoms with Crippen LogP contribution in [0.15, 0.2) is 56.7 Å². The van der Waals surface area contributed by atoms with Gasteiger partial charge >= 0.3 is 5.97 Å². The Morgan fingerprint density at radius 1 is 1.05 bits per heavy atom. The summed E-state index contributed by atoms with van der Waals surface area (Å²) in [6.45, 7) is 6.57. The molecule has 0 heterocycles. The van der Waals surface area contributed by atoms with Crippen LogP contribution in [0.25, 0.3) is 0 Å². The first-order valence-corrected chi connectivity index (χ1v) is 8.19. The highest BCUT2D eigenvalue weighted by atomic mass is 79.9. The fourth-order valence-electron chi connectivity index (χ4n) is 1.89. The van der Waals surface area contributed by atoms with Crippen molar-refractivity contribution in [1.29, 1.82) is 0 Å². The minimum Gasteiger partial charge on any atom is -0.478 e. The number of benzene rings is 2. The highest BCUT2D eigenvalue weighted by Gasteiger charge is 2.13. The highest BCUT2D eigenvalue weighted by molar-refractivity contribution is 9.10. The molecule has 0 aliphatic rings. The predicted molar refractivity (Wildman–Crippen MR) is 90.4 cm³/mol. The molecular weight excluding hydrogens is 348 g/mol. The van der Waals surface area contributed by atoms with Crippen molar-refractivity contribution >= 4 is 33.7 Å². The van der Waals surface area contributed by atoms with Gasteiger partial charge in [-0.2, -0.15) is 0 Å². The molecule has 2 aromatic rings. The first-order chi connectivity index (χ1) is 9.77. The standard InChI is InChI=1S/C17H17BrO2S/c1-17(2,3)11-4-6-12(7-5-11)21-13-8-9-14(16(19)20)15(18)10-13/h4-10H,1-3H3,(H,19,20). The third-order valence-corrected chi connectivity index (χ3v) is 4.78. The summed E-state index contributed by atoms with van der Waals surface area (Å²) in [7, 11) is 0. The molecule has 0 amide bonds. The number of carboxylic acids is 1. The van der Waals surface area contributed by atoms with E-state index in [1.165, 1.54) is 5.56 Å². The van der Waals surface area contributed by atoms with Gasteiger partial charge in [-0.3, -0.25) is 0 Å². The zero-order valence-corrected chi connectivity index (χ0v) is 14.6. The highest BCUT2D eigenvalue weighted by Crippen LogP contribution is 2.32. The SMILES string of the molecule is CC(C)(C)c1ccc(Sc2ccc(C(=O)O)c(Br)c2)cc1. The maximum atomic E-state index is 11.0. The molecule has 4 heteroatoms. The Labute approximate surface area is 137 Å². The molecule has 0 bridgehead atoms. The molecule has 0 aromatic heterocycles. The van der Waals surface area contributed by atoms with E-state index < -0.39 is 5.97 Å². The number of rotatable bonds is 3. The second kappa shape index (κ2) is 6.24. The summed E-state index contributed by atoms with van der Waals surface area (Å²) in [4.78, 5) is 13.1. The van der Waals surface area contributed by atoms with E-state index in [-0.39, 0.29) is 11.0 Å². The van der Waals surface area contributed by atoms with E-state index in [1.807, 2.05) is 12.1 Å². The Morgan fingerprint density at radius 3 is 2.10 bits per heavy atom. The number of carboxylic acid groups (broad SMARTS) is 1. The third-order valence-electron chi connectivity index (χ3n) is 3.13. The lowest BCUT2D eigenvalue weighted by atomic mass is 9.87. The van der Waals surface area contributed by atoms with Gasteiger partial charge in [-0.25, -0.2) is 4.79 Å². The minimum atomic E-state index is -0.923. The zero-order valence-electron chi connectivity index (χ0n) is 12.2. The van der Waals surface area contributed by atoms with Crippen LogP contribution in [0.3, 0.4) is 0 Å². The number of halogens is 1. The van der Waals surface area contributed by atoms with Gasteiger partial charge < -0.3 is 5.11 Å². The Kier molecular flexibility index (Phi) is 4.79. The van der Waals surface area contributed by atoms with Crippen LogP contribution in [0.2, 0.25) is 0 Å². The Morgan fingerprint density at radius 2 is 1.62 bits per heavy atom.